The standard InChI is InChI=1S/C33H37N3O6/c1-4-34(5-2)23-13-15-24(16-14-23)35-19-9-18-33-26(27-31(40)41-20-10-17-32(27,3)42-33)29(38)36(28(33)30(35)39)25(21-37)22-11-7-6-8-12-22/h6-18,25-28,37H,4-5,19-21H2,1-3H3/t25-,26+,27+,28?,32-,33+/m1/s1. The second kappa shape index (κ2) is 10.7. The quantitative estimate of drug-likeness (QED) is 0.402. The van der Waals surface area contributed by atoms with E-state index in [1.165, 1.54) is 4.90 Å². The highest BCUT2D eigenvalue weighted by Crippen LogP contribution is 2.58. The average molecular weight is 572 g/mol. The number of amides is 2. The molecule has 42 heavy (non-hydrogen) atoms. The van der Waals surface area contributed by atoms with Gasteiger partial charge in [-0.3, -0.25) is 14.4 Å². The van der Waals surface area contributed by atoms with E-state index in [1.807, 2.05) is 60.7 Å². The number of anilines is 2. The van der Waals surface area contributed by atoms with Crippen molar-refractivity contribution in [2.75, 3.05) is 42.6 Å². The molecule has 2 aromatic rings. The Bertz CT molecular complexity index is 1420. The Morgan fingerprint density at radius 2 is 1.67 bits per heavy atom. The first-order chi connectivity index (χ1) is 20.3. The van der Waals surface area contributed by atoms with Crippen LogP contribution in [0.15, 0.2) is 78.9 Å². The summed E-state index contributed by atoms with van der Waals surface area (Å²) in [7, 11) is 0. The number of fused-ring (bicyclic) bond motifs is 2. The maximum absolute atomic E-state index is 14.7. The van der Waals surface area contributed by atoms with Gasteiger partial charge in [0.2, 0.25) is 5.91 Å². The molecule has 4 aliphatic heterocycles. The number of nitrogens with zero attached hydrogens (tertiary/aromatic N) is 3. The summed E-state index contributed by atoms with van der Waals surface area (Å²) in [5.41, 5.74) is -0.160. The Kier molecular flexibility index (Phi) is 7.19. The van der Waals surface area contributed by atoms with Crippen LogP contribution in [-0.4, -0.2) is 77.9 Å². The molecule has 0 bridgehead atoms. The molecule has 9 heteroatoms. The maximum atomic E-state index is 14.7. The van der Waals surface area contributed by atoms with Crippen molar-refractivity contribution in [2.24, 2.45) is 11.8 Å². The number of likely N-dealkylation sites (tertiary alicyclic amines) is 1. The van der Waals surface area contributed by atoms with Crippen molar-refractivity contribution < 1.29 is 29.0 Å². The first-order valence-corrected chi connectivity index (χ1v) is 14.7. The molecule has 9 nitrogen and oxygen atoms in total. The number of carbonyl (C=O) groups is 3. The van der Waals surface area contributed by atoms with Crippen LogP contribution in [0.4, 0.5) is 11.4 Å². The molecule has 0 radical (unpaired) electrons. The molecule has 2 saturated heterocycles. The van der Waals surface area contributed by atoms with Crippen LogP contribution in [0.5, 0.6) is 0 Å². The average Bonchev–Trinajstić information content (AvgIpc) is 3.25. The van der Waals surface area contributed by atoms with Crippen molar-refractivity contribution in [2.45, 2.75) is 44.1 Å². The van der Waals surface area contributed by atoms with E-state index in [2.05, 4.69) is 18.7 Å². The first-order valence-electron chi connectivity index (χ1n) is 14.7. The van der Waals surface area contributed by atoms with Crippen LogP contribution in [0.1, 0.15) is 32.4 Å². The summed E-state index contributed by atoms with van der Waals surface area (Å²) in [6.07, 6.45) is 7.14. The molecular weight excluding hydrogens is 534 g/mol. The van der Waals surface area contributed by atoms with Crippen molar-refractivity contribution in [3.8, 4) is 0 Å². The number of cyclic esters (lactones) is 1. The number of aliphatic hydroxyl groups excluding tert-OH is 1. The Morgan fingerprint density at radius 1 is 0.952 bits per heavy atom. The van der Waals surface area contributed by atoms with Crippen molar-refractivity contribution >= 4 is 29.2 Å². The van der Waals surface area contributed by atoms with Gasteiger partial charge in [0.1, 0.15) is 24.2 Å². The Morgan fingerprint density at radius 3 is 2.33 bits per heavy atom. The van der Waals surface area contributed by atoms with E-state index < -0.39 is 53.6 Å². The lowest BCUT2D eigenvalue weighted by Gasteiger charge is -2.40. The van der Waals surface area contributed by atoms with Crippen LogP contribution in [-0.2, 0) is 23.9 Å². The largest absolute Gasteiger partial charge is 0.461 e. The third kappa shape index (κ3) is 4.17. The second-order valence-electron chi connectivity index (χ2n) is 11.4. The van der Waals surface area contributed by atoms with Gasteiger partial charge in [-0.1, -0.05) is 48.6 Å². The van der Waals surface area contributed by atoms with Gasteiger partial charge in [-0.25, -0.2) is 0 Å². The number of benzene rings is 2. The van der Waals surface area contributed by atoms with Gasteiger partial charge in [-0.15, -0.1) is 0 Å². The number of rotatable bonds is 7. The monoisotopic (exact) mass is 571 g/mol. The minimum absolute atomic E-state index is 0.0879. The molecule has 2 amide bonds. The van der Waals surface area contributed by atoms with Gasteiger partial charge in [0.05, 0.1) is 24.2 Å². The summed E-state index contributed by atoms with van der Waals surface area (Å²) in [5.74, 6) is -3.25. The maximum Gasteiger partial charge on any atom is 0.313 e. The predicted molar refractivity (Wildman–Crippen MR) is 158 cm³/mol. The van der Waals surface area contributed by atoms with E-state index in [-0.39, 0.29) is 19.1 Å². The normalized spacial score (nSPS) is 30.8. The summed E-state index contributed by atoms with van der Waals surface area (Å²) in [6, 6.07) is 15.0. The highest BCUT2D eigenvalue weighted by molar-refractivity contribution is 6.06. The van der Waals surface area contributed by atoms with E-state index >= 15 is 0 Å². The SMILES string of the molecule is CCN(CC)c1ccc(N2CC=C[C@]34O[C@]5(C)C=CCOC(=O)[C@@H]5[C@H]3C(=O)N([C@H](CO)c3ccccc3)C4C2=O)cc1. The minimum atomic E-state index is -1.44. The molecule has 1 unspecified atom stereocenters. The van der Waals surface area contributed by atoms with Crippen LogP contribution in [0.25, 0.3) is 0 Å². The van der Waals surface area contributed by atoms with Crippen LogP contribution >= 0.6 is 0 Å². The van der Waals surface area contributed by atoms with Crippen molar-refractivity contribution in [3.05, 3.63) is 84.5 Å². The van der Waals surface area contributed by atoms with E-state index in [1.54, 1.807) is 30.1 Å². The van der Waals surface area contributed by atoms with Gasteiger partial charge in [-0.2, -0.15) is 0 Å². The molecular formula is C33H37N3O6. The van der Waals surface area contributed by atoms with Crippen molar-refractivity contribution in [1.82, 2.24) is 4.90 Å². The van der Waals surface area contributed by atoms with Gasteiger partial charge in [-0.05, 0) is 56.7 Å². The Labute approximate surface area is 246 Å². The molecule has 2 fully saturated rings. The van der Waals surface area contributed by atoms with Crippen LogP contribution in [0.3, 0.4) is 0 Å². The van der Waals surface area contributed by atoms with Gasteiger partial charge in [0.25, 0.3) is 5.91 Å². The zero-order chi connectivity index (χ0) is 29.6. The molecule has 2 aromatic carbocycles. The van der Waals surface area contributed by atoms with Crippen molar-refractivity contribution in [1.29, 1.82) is 0 Å². The zero-order valence-electron chi connectivity index (χ0n) is 24.2. The van der Waals surface area contributed by atoms with Gasteiger partial charge in [0.15, 0.2) is 0 Å². The Balaban J connectivity index is 1.48. The number of ether oxygens (including phenoxy) is 2. The molecule has 1 spiro atoms. The van der Waals surface area contributed by atoms with E-state index in [0.29, 0.717) is 11.3 Å². The number of aliphatic hydroxyl groups is 1. The summed E-state index contributed by atoms with van der Waals surface area (Å²) in [6.45, 7) is 7.63. The molecule has 1 N–H and O–H groups in total. The van der Waals surface area contributed by atoms with Crippen LogP contribution in [0, 0.1) is 11.8 Å². The predicted octanol–water partition coefficient (Wildman–Crippen LogP) is 3.25. The summed E-state index contributed by atoms with van der Waals surface area (Å²) >= 11 is 0. The Hall–Kier alpha value is -3.95. The fraction of sp³-hybridized carbons (Fsp3) is 0.424. The third-order valence-corrected chi connectivity index (χ3v) is 9.23. The number of esters is 1. The molecule has 4 aliphatic rings. The van der Waals surface area contributed by atoms with Crippen LogP contribution in [0.2, 0.25) is 0 Å². The summed E-state index contributed by atoms with van der Waals surface area (Å²) in [4.78, 5) is 48.0. The number of hydrogen-bond donors (Lipinski definition) is 1. The molecule has 0 saturated carbocycles. The molecule has 6 atom stereocenters. The molecule has 220 valence electrons. The minimum Gasteiger partial charge on any atom is -0.461 e. The first kappa shape index (κ1) is 28.2. The lowest BCUT2D eigenvalue weighted by Crippen LogP contribution is -2.57. The summed E-state index contributed by atoms with van der Waals surface area (Å²) in [5, 5.41) is 10.7. The lowest BCUT2D eigenvalue weighted by molar-refractivity contribution is -0.157. The topological polar surface area (TPSA) is 99.6 Å². The molecule has 0 aliphatic carbocycles. The van der Waals surface area contributed by atoms with Gasteiger partial charge < -0.3 is 29.3 Å². The molecule has 0 aromatic heterocycles. The fourth-order valence-corrected chi connectivity index (χ4v) is 7.32. The third-order valence-electron chi connectivity index (χ3n) is 9.23. The molecule has 4 heterocycles. The van der Waals surface area contributed by atoms with Gasteiger partial charge in [0, 0.05) is 31.0 Å². The van der Waals surface area contributed by atoms with E-state index in [9.17, 15) is 19.5 Å². The number of hydrogen-bond acceptors (Lipinski definition) is 7. The highest BCUT2D eigenvalue weighted by atomic mass is 16.6. The molecule has 6 rings (SSSR count). The smallest absolute Gasteiger partial charge is 0.313 e. The van der Waals surface area contributed by atoms with Crippen molar-refractivity contribution in [3.63, 3.8) is 0 Å². The van der Waals surface area contributed by atoms with Crippen LogP contribution < -0.4 is 9.80 Å². The van der Waals surface area contributed by atoms with Gasteiger partial charge >= 0.3 is 5.97 Å². The van der Waals surface area contributed by atoms with E-state index in [0.717, 1.165) is 18.8 Å². The highest BCUT2D eigenvalue weighted by Gasteiger charge is 2.75. The fourth-order valence-electron chi connectivity index (χ4n) is 7.32. The second-order valence-corrected chi connectivity index (χ2v) is 11.4. The van der Waals surface area contributed by atoms with E-state index in [4.69, 9.17) is 9.47 Å². The lowest BCUT2D eigenvalue weighted by atomic mass is 9.75. The zero-order valence-corrected chi connectivity index (χ0v) is 24.2. The summed E-state index contributed by atoms with van der Waals surface area (Å²) < 4.78 is 12.3. The number of carbonyl (C=O) groups excluding carboxylic acids is 3.